The van der Waals surface area contributed by atoms with Gasteiger partial charge in [-0.3, -0.25) is 4.79 Å². The van der Waals surface area contributed by atoms with E-state index in [0.29, 0.717) is 12.3 Å². The van der Waals surface area contributed by atoms with Crippen LogP contribution in [0.4, 0.5) is 5.13 Å². The zero-order valence-corrected chi connectivity index (χ0v) is 10.9. The Kier molecular flexibility index (Phi) is 3.33. The Morgan fingerprint density at radius 1 is 1.59 bits per heavy atom. The molecule has 0 amide bonds. The number of rotatable bonds is 6. The topological polar surface area (TPSA) is 75.1 Å². The van der Waals surface area contributed by atoms with Gasteiger partial charge in [0.2, 0.25) is 5.13 Å². The fourth-order valence-electron chi connectivity index (χ4n) is 1.56. The normalized spacial score (nSPS) is 15.9. The first-order valence-corrected chi connectivity index (χ1v) is 6.57. The summed E-state index contributed by atoms with van der Waals surface area (Å²) in [4.78, 5) is 15.0. The SMILES string of the molecule is CC(C)(CCC(=O)O)Nc1nc(C2CC2)ns1. The van der Waals surface area contributed by atoms with Crippen molar-refractivity contribution in [3.63, 3.8) is 0 Å². The van der Waals surface area contributed by atoms with Crippen molar-refractivity contribution >= 4 is 22.6 Å². The number of carbonyl (C=O) groups is 1. The Morgan fingerprint density at radius 2 is 2.29 bits per heavy atom. The van der Waals surface area contributed by atoms with Crippen LogP contribution in [0.15, 0.2) is 0 Å². The molecule has 5 nitrogen and oxygen atoms in total. The molecular weight excluding hydrogens is 238 g/mol. The smallest absolute Gasteiger partial charge is 0.303 e. The number of hydrogen-bond acceptors (Lipinski definition) is 5. The Bertz CT molecular complexity index is 413. The number of anilines is 1. The van der Waals surface area contributed by atoms with Gasteiger partial charge in [0.1, 0.15) is 5.82 Å². The van der Waals surface area contributed by atoms with Crippen LogP contribution in [0, 0.1) is 0 Å². The van der Waals surface area contributed by atoms with E-state index in [2.05, 4.69) is 14.7 Å². The molecule has 0 spiro atoms. The Balaban J connectivity index is 1.90. The number of carboxylic acid groups (broad SMARTS) is 1. The maximum absolute atomic E-state index is 10.5. The molecule has 1 fully saturated rings. The van der Waals surface area contributed by atoms with Crippen LogP contribution in [0.5, 0.6) is 0 Å². The second-order valence-electron chi connectivity index (χ2n) is 5.13. The highest BCUT2D eigenvalue weighted by Crippen LogP contribution is 2.39. The Hall–Kier alpha value is -1.17. The van der Waals surface area contributed by atoms with Crippen LogP contribution in [0.3, 0.4) is 0 Å². The van der Waals surface area contributed by atoms with E-state index < -0.39 is 5.97 Å². The molecule has 1 saturated carbocycles. The molecule has 1 aromatic rings. The van der Waals surface area contributed by atoms with Gasteiger partial charge in [-0.25, -0.2) is 4.98 Å². The van der Waals surface area contributed by atoms with Gasteiger partial charge in [-0.15, -0.1) is 0 Å². The van der Waals surface area contributed by atoms with Gasteiger partial charge < -0.3 is 10.4 Å². The van der Waals surface area contributed by atoms with Crippen molar-refractivity contribution in [2.45, 2.75) is 51.0 Å². The highest BCUT2D eigenvalue weighted by atomic mass is 32.1. The number of nitrogens with one attached hydrogen (secondary N) is 1. The molecule has 1 aromatic heterocycles. The lowest BCUT2D eigenvalue weighted by Gasteiger charge is -2.24. The van der Waals surface area contributed by atoms with E-state index in [1.807, 2.05) is 13.8 Å². The van der Waals surface area contributed by atoms with Crippen molar-refractivity contribution in [1.29, 1.82) is 0 Å². The first kappa shape index (κ1) is 12.3. The summed E-state index contributed by atoms with van der Waals surface area (Å²) in [5, 5.41) is 12.7. The molecular formula is C11H17N3O2S. The number of hydrogen-bond donors (Lipinski definition) is 2. The summed E-state index contributed by atoms with van der Waals surface area (Å²) in [6, 6.07) is 0. The number of aliphatic carboxylic acids is 1. The van der Waals surface area contributed by atoms with Crippen LogP contribution in [-0.4, -0.2) is 26.0 Å². The molecule has 0 unspecified atom stereocenters. The van der Waals surface area contributed by atoms with E-state index in [0.717, 1.165) is 11.0 Å². The average molecular weight is 255 g/mol. The molecule has 0 atom stereocenters. The van der Waals surface area contributed by atoms with Crippen LogP contribution in [0.1, 0.15) is 51.3 Å². The van der Waals surface area contributed by atoms with Crippen LogP contribution in [-0.2, 0) is 4.79 Å². The summed E-state index contributed by atoms with van der Waals surface area (Å²) >= 11 is 1.36. The van der Waals surface area contributed by atoms with E-state index in [1.165, 1.54) is 24.4 Å². The average Bonchev–Trinajstić information content (AvgIpc) is 2.98. The standard InChI is InChI=1S/C11H17N3O2S/c1-11(2,6-5-8(15)16)13-10-12-9(14-17-10)7-3-4-7/h7H,3-6H2,1-2H3,(H,15,16)(H,12,13,14). The van der Waals surface area contributed by atoms with Gasteiger partial charge in [0.05, 0.1) is 0 Å². The third kappa shape index (κ3) is 3.66. The van der Waals surface area contributed by atoms with Crippen molar-refractivity contribution in [2.75, 3.05) is 5.32 Å². The first-order valence-electron chi connectivity index (χ1n) is 5.80. The van der Waals surface area contributed by atoms with E-state index >= 15 is 0 Å². The first-order chi connectivity index (χ1) is 7.96. The van der Waals surface area contributed by atoms with E-state index in [-0.39, 0.29) is 12.0 Å². The molecule has 2 N–H and O–H groups in total. The van der Waals surface area contributed by atoms with Gasteiger partial charge in [0, 0.05) is 29.4 Å². The van der Waals surface area contributed by atoms with Crippen molar-refractivity contribution in [3.8, 4) is 0 Å². The van der Waals surface area contributed by atoms with Crippen molar-refractivity contribution in [1.82, 2.24) is 9.36 Å². The van der Waals surface area contributed by atoms with Gasteiger partial charge in [-0.2, -0.15) is 4.37 Å². The second kappa shape index (κ2) is 4.60. The minimum Gasteiger partial charge on any atom is -0.481 e. The van der Waals surface area contributed by atoms with Crippen molar-refractivity contribution < 1.29 is 9.90 Å². The third-order valence-corrected chi connectivity index (χ3v) is 3.44. The van der Waals surface area contributed by atoms with Gasteiger partial charge in [-0.1, -0.05) is 0 Å². The Labute approximate surface area is 104 Å². The molecule has 1 aliphatic rings. The number of carboxylic acids is 1. The maximum atomic E-state index is 10.5. The van der Waals surface area contributed by atoms with Gasteiger partial charge in [0.25, 0.3) is 0 Å². The summed E-state index contributed by atoms with van der Waals surface area (Å²) in [6.45, 7) is 3.96. The van der Waals surface area contributed by atoms with Crippen molar-refractivity contribution in [3.05, 3.63) is 5.82 Å². The highest BCUT2D eigenvalue weighted by molar-refractivity contribution is 7.09. The molecule has 0 aliphatic heterocycles. The van der Waals surface area contributed by atoms with Crippen molar-refractivity contribution in [2.24, 2.45) is 0 Å². The largest absolute Gasteiger partial charge is 0.481 e. The Morgan fingerprint density at radius 3 is 2.88 bits per heavy atom. The summed E-state index contributed by atoms with van der Waals surface area (Å²) in [7, 11) is 0. The molecule has 1 aliphatic carbocycles. The lowest BCUT2D eigenvalue weighted by atomic mass is 9.99. The van der Waals surface area contributed by atoms with Gasteiger partial charge >= 0.3 is 5.97 Å². The fourth-order valence-corrected chi connectivity index (χ4v) is 2.39. The van der Waals surface area contributed by atoms with Crippen LogP contribution in [0.25, 0.3) is 0 Å². The van der Waals surface area contributed by atoms with E-state index in [1.54, 1.807) is 0 Å². The predicted molar refractivity (Wildman–Crippen MR) is 66.5 cm³/mol. The molecule has 6 heteroatoms. The quantitative estimate of drug-likeness (QED) is 0.816. The number of nitrogens with zero attached hydrogens (tertiary/aromatic N) is 2. The molecule has 0 aromatic carbocycles. The maximum Gasteiger partial charge on any atom is 0.303 e. The molecule has 94 valence electrons. The summed E-state index contributed by atoms with van der Waals surface area (Å²) in [5.74, 6) is 0.728. The lowest BCUT2D eigenvalue weighted by molar-refractivity contribution is -0.137. The molecule has 1 heterocycles. The van der Waals surface area contributed by atoms with Crippen LogP contribution in [0.2, 0.25) is 0 Å². The predicted octanol–water partition coefficient (Wildman–Crippen LogP) is 2.47. The minimum atomic E-state index is -0.768. The van der Waals surface area contributed by atoms with Gasteiger partial charge in [0.15, 0.2) is 0 Å². The summed E-state index contributed by atoms with van der Waals surface area (Å²) < 4.78 is 4.31. The third-order valence-electron chi connectivity index (χ3n) is 2.79. The molecule has 0 radical (unpaired) electrons. The van der Waals surface area contributed by atoms with Gasteiger partial charge in [-0.05, 0) is 33.1 Å². The zero-order valence-electron chi connectivity index (χ0n) is 10.1. The number of aromatic nitrogens is 2. The minimum absolute atomic E-state index is 0.161. The van der Waals surface area contributed by atoms with E-state index in [9.17, 15) is 4.79 Å². The highest BCUT2D eigenvalue weighted by Gasteiger charge is 2.28. The lowest BCUT2D eigenvalue weighted by Crippen LogP contribution is -2.31. The van der Waals surface area contributed by atoms with E-state index in [4.69, 9.17) is 5.11 Å². The molecule has 2 rings (SSSR count). The summed E-state index contributed by atoms with van der Waals surface area (Å²) in [6.07, 6.45) is 3.12. The molecule has 0 bridgehead atoms. The molecule has 17 heavy (non-hydrogen) atoms. The molecule has 0 saturated heterocycles. The second-order valence-corrected chi connectivity index (χ2v) is 5.89. The zero-order chi connectivity index (χ0) is 12.5. The summed E-state index contributed by atoms with van der Waals surface area (Å²) in [5.41, 5.74) is -0.265. The van der Waals surface area contributed by atoms with Crippen LogP contribution >= 0.6 is 11.5 Å². The monoisotopic (exact) mass is 255 g/mol. The van der Waals surface area contributed by atoms with Crippen LogP contribution < -0.4 is 5.32 Å². The fraction of sp³-hybridized carbons (Fsp3) is 0.727.